The van der Waals surface area contributed by atoms with Gasteiger partial charge in [-0.15, -0.1) is 0 Å². The minimum absolute atomic E-state index is 0.143. The van der Waals surface area contributed by atoms with Crippen LogP contribution in [0.4, 0.5) is 5.82 Å². The number of anilines is 1. The summed E-state index contributed by atoms with van der Waals surface area (Å²) in [5, 5.41) is 0. The van der Waals surface area contributed by atoms with Gasteiger partial charge < -0.3 is 10.2 Å². The molecule has 1 atom stereocenters. The molecule has 2 heterocycles. The molecule has 0 radical (unpaired) electrons. The fourth-order valence-electron chi connectivity index (χ4n) is 1.71. The molecule has 2 rings (SSSR count). The molecule has 0 amide bonds. The van der Waals surface area contributed by atoms with E-state index >= 15 is 0 Å². The molecule has 1 saturated heterocycles. The molecule has 1 aromatic heterocycles. The van der Waals surface area contributed by atoms with E-state index in [1.807, 2.05) is 0 Å². The minimum Gasteiger partial charge on any atom is -0.381 e. The lowest BCUT2D eigenvalue weighted by Gasteiger charge is -2.10. The summed E-state index contributed by atoms with van der Waals surface area (Å²) in [6.07, 6.45) is 2.27. The first-order valence-corrected chi connectivity index (χ1v) is 7.10. The van der Waals surface area contributed by atoms with Crippen LogP contribution in [-0.4, -0.2) is 33.2 Å². The Labute approximate surface area is 106 Å². The Balaban J connectivity index is 2.04. The zero-order chi connectivity index (χ0) is 13.0. The van der Waals surface area contributed by atoms with E-state index in [9.17, 15) is 8.42 Å². The first kappa shape index (κ1) is 13.2. The molecule has 1 aliphatic heterocycles. The maximum Gasteiger partial charge on any atom is 0.240 e. The monoisotopic (exact) mass is 272 g/mol. The Morgan fingerprint density at radius 1 is 1.56 bits per heavy atom. The lowest BCUT2D eigenvalue weighted by molar-refractivity contribution is 0.186. The van der Waals surface area contributed by atoms with Crippen LogP contribution < -0.4 is 16.0 Å². The maximum atomic E-state index is 12.0. The lowest BCUT2D eigenvalue weighted by atomic mass is 10.1. The molecule has 0 bridgehead atoms. The van der Waals surface area contributed by atoms with E-state index in [4.69, 9.17) is 10.6 Å². The van der Waals surface area contributed by atoms with E-state index < -0.39 is 10.0 Å². The van der Waals surface area contributed by atoms with Crippen LogP contribution in [0.15, 0.2) is 23.2 Å². The Morgan fingerprint density at radius 2 is 2.39 bits per heavy atom. The molecule has 7 nitrogen and oxygen atoms in total. The standard InChI is InChI=1S/C10H16N4O3S/c11-14-10-5-9(1-3-12-10)18(15,16)13-6-8-2-4-17-7-8/h1,3,5,8,13H,2,4,6-7,11H2,(H,12,14). The SMILES string of the molecule is NNc1cc(S(=O)(=O)NCC2CCOC2)ccn1. The Morgan fingerprint density at radius 3 is 3.06 bits per heavy atom. The lowest BCUT2D eigenvalue weighted by Crippen LogP contribution is -2.29. The van der Waals surface area contributed by atoms with Crippen molar-refractivity contribution in [2.45, 2.75) is 11.3 Å². The molecular weight excluding hydrogens is 256 g/mol. The third-order valence-electron chi connectivity index (χ3n) is 2.78. The van der Waals surface area contributed by atoms with E-state index in [0.717, 1.165) is 6.42 Å². The van der Waals surface area contributed by atoms with Gasteiger partial charge >= 0.3 is 0 Å². The third kappa shape index (κ3) is 3.16. The van der Waals surface area contributed by atoms with Crippen molar-refractivity contribution in [3.63, 3.8) is 0 Å². The van der Waals surface area contributed by atoms with Crippen molar-refractivity contribution in [2.24, 2.45) is 11.8 Å². The summed E-state index contributed by atoms with van der Waals surface area (Å²) in [4.78, 5) is 4.00. The summed E-state index contributed by atoms with van der Waals surface area (Å²) >= 11 is 0. The van der Waals surface area contributed by atoms with Gasteiger partial charge in [-0.2, -0.15) is 0 Å². The number of pyridine rings is 1. The Hall–Kier alpha value is -1.22. The van der Waals surface area contributed by atoms with Crippen LogP contribution >= 0.6 is 0 Å². The van der Waals surface area contributed by atoms with E-state index in [1.54, 1.807) is 0 Å². The summed E-state index contributed by atoms with van der Waals surface area (Å²) < 4.78 is 31.8. The second-order valence-electron chi connectivity index (χ2n) is 4.10. The van der Waals surface area contributed by atoms with Crippen molar-refractivity contribution in [2.75, 3.05) is 25.2 Å². The van der Waals surface area contributed by atoms with E-state index in [-0.39, 0.29) is 10.8 Å². The summed E-state index contributed by atoms with van der Waals surface area (Å²) in [7, 11) is -3.52. The van der Waals surface area contributed by atoms with Crippen LogP contribution in [0.2, 0.25) is 0 Å². The van der Waals surface area contributed by atoms with Crippen molar-refractivity contribution in [3.8, 4) is 0 Å². The summed E-state index contributed by atoms with van der Waals surface area (Å²) in [5.74, 6) is 5.74. The quantitative estimate of drug-likeness (QED) is 0.501. The zero-order valence-electron chi connectivity index (χ0n) is 9.80. The normalized spacial score (nSPS) is 19.9. The average molecular weight is 272 g/mol. The second kappa shape index (κ2) is 5.61. The summed E-state index contributed by atoms with van der Waals surface area (Å²) in [5.41, 5.74) is 2.31. The van der Waals surface area contributed by atoms with Gasteiger partial charge in [0.05, 0.1) is 11.5 Å². The minimum atomic E-state index is -3.52. The van der Waals surface area contributed by atoms with Gasteiger partial charge in [0.25, 0.3) is 0 Å². The van der Waals surface area contributed by atoms with Crippen molar-refractivity contribution < 1.29 is 13.2 Å². The number of nitrogen functional groups attached to an aromatic ring is 1. The first-order chi connectivity index (χ1) is 8.62. The third-order valence-corrected chi connectivity index (χ3v) is 4.20. The van der Waals surface area contributed by atoms with Crippen molar-refractivity contribution >= 4 is 15.8 Å². The van der Waals surface area contributed by atoms with Crippen LogP contribution in [0.25, 0.3) is 0 Å². The molecule has 1 fully saturated rings. The van der Waals surface area contributed by atoms with Gasteiger partial charge in [-0.3, -0.25) is 0 Å². The molecule has 0 spiro atoms. The number of nitrogens with zero attached hydrogens (tertiary/aromatic N) is 1. The van der Waals surface area contributed by atoms with Crippen LogP contribution in [0.3, 0.4) is 0 Å². The molecule has 1 unspecified atom stereocenters. The molecule has 0 saturated carbocycles. The van der Waals surface area contributed by atoms with Crippen molar-refractivity contribution in [3.05, 3.63) is 18.3 Å². The molecule has 8 heteroatoms. The van der Waals surface area contributed by atoms with Gasteiger partial charge in [0.15, 0.2) is 0 Å². The Bertz CT molecular complexity index is 500. The topological polar surface area (TPSA) is 106 Å². The van der Waals surface area contributed by atoms with Crippen LogP contribution in [0.1, 0.15) is 6.42 Å². The number of rotatable bonds is 5. The number of hydrazine groups is 1. The van der Waals surface area contributed by atoms with Crippen LogP contribution in [0.5, 0.6) is 0 Å². The number of ether oxygens (including phenoxy) is 1. The highest BCUT2D eigenvalue weighted by Gasteiger charge is 2.20. The highest BCUT2D eigenvalue weighted by Crippen LogP contribution is 2.14. The molecule has 1 aromatic rings. The molecule has 100 valence electrons. The van der Waals surface area contributed by atoms with E-state index in [0.29, 0.717) is 25.6 Å². The number of hydrogen-bond donors (Lipinski definition) is 3. The van der Waals surface area contributed by atoms with Crippen LogP contribution in [-0.2, 0) is 14.8 Å². The predicted octanol–water partition coefficient (Wildman–Crippen LogP) is -0.318. The van der Waals surface area contributed by atoms with Gasteiger partial charge in [0.2, 0.25) is 10.0 Å². The predicted molar refractivity (Wildman–Crippen MR) is 66.2 cm³/mol. The van der Waals surface area contributed by atoms with Crippen molar-refractivity contribution in [1.29, 1.82) is 0 Å². The fourth-order valence-corrected chi connectivity index (χ4v) is 2.84. The number of sulfonamides is 1. The molecule has 0 aromatic carbocycles. The molecule has 1 aliphatic rings. The molecule has 18 heavy (non-hydrogen) atoms. The smallest absolute Gasteiger partial charge is 0.240 e. The molecular formula is C10H16N4O3S. The molecule has 4 N–H and O–H groups in total. The highest BCUT2D eigenvalue weighted by atomic mass is 32.2. The summed E-state index contributed by atoms with van der Waals surface area (Å²) in [6.45, 7) is 1.69. The van der Waals surface area contributed by atoms with Gasteiger partial charge in [-0.1, -0.05) is 0 Å². The first-order valence-electron chi connectivity index (χ1n) is 5.62. The summed E-state index contributed by atoms with van der Waals surface area (Å²) in [6, 6.07) is 2.81. The maximum absolute atomic E-state index is 12.0. The fraction of sp³-hybridized carbons (Fsp3) is 0.500. The van der Waals surface area contributed by atoms with Gasteiger partial charge in [0, 0.05) is 25.4 Å². The number of nitrogens with one attached hydrogen (secondary N) is 2. The largest absolute Gasteiger partial charge is 0.381 e. The number of hydrogen-bond acceptors (Lipinski definition) is 6. The number of aromatic nitrogens is 1. The van der Waals surface area contributed by atoms with E-state index in [2.05, 4.69) is 15.1 Å². The zero-order valence-corrected chi connectivity index (χ0v) is 10.6. The highest BCUT2D eigenvalue weighted by molar-refractivity contribution is 7.89. The number of nitrogens with two attached hydrogens (primary N) is 1. The van der Waals surface area contributed by atoms with Crippen LogP contribution in [0, 0.1) is 5.92 Å². The van der Waals surface area contributed by atoms with Gasteiger partial charge in [-0.25, -0.2) is 24.0 Å². The van der Waals surface area contributed by atoms with E-state index in [1.165, 1.54) is 18.3 Å². The Kier molecular flexibility index (Phi) is 4.12. The molecule has 0 aliphatic carbocycles. The van der Waals surface area contributed by atoms with Crippen molar-refractivity contribution in [1.82, 2.24) is 9.71 Å². The van der Waals surface area contributed by atoms with Gasteiger partial charge in [0.1, 0.15) is 5.82 Å². The average Bonchev–Trinajstić information content (AvgIpc) is 2.90. The second-order valence-corrected chi connectivity index (χ2v) is 5.87. The van der Waals surface area contributed by atoms with Gasteiger partial charge in [-0.05, 0) is 18.4 Å².